The maximum absolute atomic E-state index is 13.0. The zero-order valence-electron chi connectivity index (χ0n) is 17.4. The molecule has 158 valence electrons. The first-order valence-electron chi connectivity index (χ1n) is 10.8. The summed E-state index contributed by atoms with van der Waals surface area (Å²) < 4.78 is 0. The number of carbonyl (C=O) groups is 2. The van der Waals surface area contributed by atoms with Crippen molar-refractivity contribution in [1.29, 1.82) is 0 Å². The van der Waals surface area contributed by atoms with Gasteiger partial charge in [0.05, 0.1) is 6.04 Å². The molecule has 0 saturated heterocycles. The molecule has 2 N–H and O–H groups in total. The molecule has 0 spiro atoms. The van der Waals surface area contributed by atoms with Crippen molar-refractivity contribution in [2.75, 3.05) is 0 Å². The normalized spacial score (nSPS) is 14.0. The van der Waals surface area contributed by atoms with Crippen LogP contribution in [0.25, 0.3) is 0 Å². The number of aryl methyl sites for hydroxylation is 2. The SMILES string of the molecule is O=C1CCCc2[nH]c(=O)c(C(=O)N[C@@H](CCCc3ccccc3)c3ccccc3)cc21. The lowest BCUT2D eigenvalue weighted by Gasteiger charge is -2.20. The molecule has 1 amide bonds. The first-order valence-corrected chi connectivity index (χ1v) is 10.8. The van der Waals surface area contributed by atoms with Crippen molar-refractivity contribution in [3.05, 3.63) is 105 Å². The maximum Gasteiger partial charge on any atom is 0.261 e. The van der Waals surface area contributed by atoms with E-state index in [2.05, 4.69) is 22.4 Å². The summed E-state index contributed by atoms with van der Waals surface area (Å²) in [5.41, 5.74) is 2.91. The molecular formula is C26H26N2O3. The first-order chi connectivity index (χ1) is 15.1. The van der Waals surface area contributed by atoms with E-state index < -0.39 is 11.5 Å². The van der Waals surface area contributed by atoms with Crippen molar-refractivity contribution in [3.63, 3.8) is 0 Å². The highest BCUT2D eigenvalue weighted by Gasteiger charge is 2.23. The smallest absolute Gasteiger partial charge is 0.261 e. The Kier molecular flexibility index (Phi) is 6.41. The van der Waals surface area contributed by atoms with E-state index in [4.69, 9.17) is 0 Å². The van der Waals surface area contributed by atoms with Gasteiger partial charge in [-0.25, -0.2) is 0 Å². The molecule has 5 heteroatoms. The number of nitrogens with one attached hydrogen (secondary N) is 2. The van der Waals surface area contributed by atoms with Gasteiger partial charge in [-0.3, -0.25) is 14.4 Å². The molecule has 1 atom stereocenters. The molecule has 4 rings (SSSR count). The quantitative estimate of drug-likeness (QED) is 0.602. The van der Waals surface area contributed by atoms with Gasteiger partial charge in [-0.05, 0) is 49.3 Å². The monoisotopic (exact) mass is 414 g/mol. The number of hydrogen-bond acceptors (Lipinski definition) is 3. The molecule has 1 aliphatic rings. The van der Waals surface area contributed by atoms with Gasteiger partial charge in [0.25, 0.3) is 11.5 Å². The van der Waals surface area contributed by atoms with Crippen LogP contribution in [0, 0.1) is 0 Å². The lowest BCUT2D eigenvalue weighted by Crippen LogP contribution is -2.34. The van der Waals surface area contributed by atoms with Crippen molar-refractivity contribution in [2.45, 2.75) is 44.6 Å². The highest BCUT2D eigenvalue weighted by molar-refractivity contribution is 6.01. The second-order valence-corrected chi connectivity index (χ2v) is 8.00. The molecule has 2 aromatic carbocycles. The summed E-state index contributed by atoms with van der Waals surface area (Å²) in [6, 6.07) is 21.3. The second kappa shape index (κ2) is 9.56. The Morgan fingerprint density at radius 3 is 2.42 bits per heavy atom. The average Bonchev–Trinajstić information content (AvgIpc) is 2.79. The Morgan fingerprint density at radius 2 is 1.68 bits per heavy atom. The van der Waals surface area contributed by atoms with Crippen molar-refractivity contribution in [2.24, 2.45) is 0 Å². The fourth-order valence-corrected chi connectivity index (χ4v) is 4.14. The molecule has 0 fully saturated rings. The number of aromatic amines is 1. The molecule has 0 saturated carbocycles. The standard InChI is InChI=1S/C26H26N2O3/c29-24-16-8-15-23-20(24)17-21(26(31)28-23)25(30)27-22(19-12-5-2-6-13-19)14-7-11-18-9-3-1-4-10-18/h1-6,9-10,12-13,17,22H,7-8,11,14-16H2,(H,27,30)(H,28,31)/t22-/m0/s1. The summed E-state index contributed by atoms with van der Waals surface area (Å²) in [6.45, 7) is 0. The van der Waals surface area contributed by atoms with E-state index in [1.165, 1.54) is 11.6 Å². The Hall–Kier alpha value is -3.47. The molecule has 0 radical (unpaired) electrons. The summed E-state index contributed by atoms with van der Waals surface area (Å²) in [6.07, 6.45) is 4.38. The van der Waals surface area contributed by atoms with Crippen LogP contribution >= 0.6 is 0 Å². The minimum Gasteiger partial charge on any atom is -0.345 e. The van der Waals surface area contributed by atoms with Crippen molar-refractivity contribution < 1.29 is 9.59 Å². The Balaban J connectivity index is 1.52. The van der Waals surface area contributed by atoms with Crippen LogP contribution in [0.4, 0.5) is 0 Å². The molecule has 0 unspecified atom stereocenters. The van der Waals surface area contributed by atoms with Gasteiger partial charge in [0.2, 0.25) is 0 Å². The van der Waals surface area contributed by atoms with Gasteiger partial charge in [0, 0.05) is 17.7 Å². The molecule has 1 aromatic heterocycles. The van der Waals surface area contributed by atoms with Crippen LogP contribution < -0.4 is 10.9 Å². The van der Waals surface area contributed by atoms with E-state index in [9.17, 15) is 14.4 Å². The molecule has 31 heavy (non-hydrogen) atoms. The van der Waals surface area contributed by atoms with Crippen LogP contribution in [0.15, 0.2) is 71.5 Å². The van der Waals surface area contributed by atoms with E-state index in [-0.39, 0.29) is 17.4 Å². The van der Waals surface area contributed by atoms with Crippen LogP contribution in [0.5, 0.6) is 0 Å². The third-order valence-electron chi connectivity index (χ3n) is 5.81. The maximum atomic E-state index is 13.0. The van der Waals surface area contributed by atoms with E-state index in [0.29, 0.717) is 24.1 Å². The molecule has 0 aliphatic heterocycles. The molecule has 3 aromatic rings. The summed E-state index contributed by atoms with van der Waals surface area (Å²) in [4.78, 5) is 40.5. The predicted octanol–water partition coefficient (Wildman–Crippen LogP) is 4.39. The number of fused-ring (bicyclic) bond motifs is 1. The summed E-state index contributed by atoms with van der Waals surface area (Å²) in [7, 11) is 0. The Bertz CT molecular complexity index is 1120. The molecular weight excluding hydrogens is 388 g/mol. The van der Waals surface area contributed by atoms with Crippen LogP contribution in [-0.2, 0) is 12.8 Å². The van der Waals surface area contributed by atoms with E-state index in [1.54, 1.807) is 0 Å². The number of hydrogen-bond donors (Lipinski definition) is 2. The van der Waals surface area contributed by atoms with Crippen molar-refractivity contribution in [3.8, 4) is 0 Å². The first kappa shape index (κ1) is 20.8. The fraction of sp³-hybridized carbons (Fsp3) is 0.269. The largest absolute Gasteiger partial charge is 0.345 e. The topological polar surface area (TPSA) is 79.0 Å². The van der Waals surface area contributed by atoms with Crippen molar-refractivity contribution in [1.82, 2.24) is 10.3 Å². The minimum atomic E-state index is -0.448. The van der Waals surface area contributed by atoms with Gasteiger partial charge in [-0.15, -0.1) is 0 Å². The molecule has 0 bridgehead atoms. The van der Waals surface area contributed by atoms with Gasteiger partial charge in [0.15, 0.2) is 5.78 Å². The summed E-state index contributed by atoms with van der Waals surface area (Å²) >= 11 is 0. The molecule has 5 nitrogen and oxygen atoms in total. The van der Waals surface area contributed by atoms with Gasteiger partial charge < -0.3 is 10.3 Å². The summed E-state index contributed by atoms with van der Waals surface area (Å²) in [5, 5.41) is 3.03. The van der Waals surface area contributed by atoms with E-state index in [0.717, 1.165) is 31.2 Å². The second-order valence-electron chi connectivity index (χ2n) is 8.00. The highest BCUT2D eigenvalue weighted by Crippen LogP contribution is 2.22. The Morgan fingerprint density at radius 1 is 0.968 bits per heavy atom. The van der Waals surface area contributed by atoms with Crippen LogP contribution in [0.3, 0.4) is 0 Å². The number of ketones is 1. The Labute approximate surface area is 181 Å². The minimum absolute atomic E-state index is 0.00186. The molecule has 1 heterocycles. The number of H-pyrrole nitrogens is 1. The van der Waals surface area contributed by atoms with Gasteiger partial charge in [-0.1, -0.05) is 60.7 Å². The highest BCUT2D eigenvalue weighted by atomic mass is 16.2. The lowest BCUT2D eigenvalue weighted by atomic mass is 9.93. The van der Waals surface area contributed by atoms with Gasteiger partial charge in [-0.2, -0.15) is 0 Å². The van der Waals surface area contributed by atoms with E-state index in [1.807, 2.05) is 48.5 Å². The van der Waals surface area contributed by atoms with Crippen LogP contribution in [0.1, 0.15) is 69.3 Å². The van der Waals surface area contributed by atoms with E-state index >= 15 is 0 Å². The fourth-order valence-electron chi connectivity index (χ4n) is 4.14. The number of pyridine rings is 1. The summed E-state index contributed by atoms with van der Waals surface area (Å²) in [5.74, 6) is -0.468. The van der Waals surface area contributed by atoms with Crippen LogP contribution in [0.2, 0.25) is 0 Å². The average molecular weight is 415 g/mol. The number of benzene rings is 2. The van der Waals surface area contributed by atoms with Gasteiger partial charge >= 0.3 is 0 Å². The number of aromatic nitrogens is 1. The number of carbonyl (C=O) groups excluding carboxylic acids is 2. The van der Waals surface area contributed by atoms with Gasteiger partial charge in [0.1, 0.15) is 5.56 Å². The van der Waals surface area contributed by atoms with Crippen LogP contribution in [-0.4, -0.2) is 16.7 Å². The number of rotatable bonds is 7. The number of Topliss-reactive ketones (excluding diaryl/α,β-unsaturated/α-hetero) is 1. The number of amides is 1. The third kappa shape index (κ3) is 5.00. The lowest BCUT2D eigenvalue weighted by molar-refractivity contribution is 0.0932. The zero-order chi connectivity index (χ0) is 21.6. The zero-order valence-corrected chi connectivity index (χ0v) is 17.4. The predicted molar refractivity (Wildman–Crippen MR) is 120 cm³/mol. The van der Waals surface area contributed by atoms with Crippen molar-refractivity contribution >= 4 is 11.7 Å². The third-order valence-corrected chi connectivity index (χ3v) is 5.81. The molecule has 1 aliphatic carbocycles.